The van der Waals surface area contributed by atoms with E-state index in [1.54, 1.807) is 6.07 Å². The second kappa shape index (κ2) is 5.83. The minimum Gasteiger partial charge on any atom is -0.353 e. The van der Waals surface area contributed by atoms with Crippen molar-refractivity contribution in [2.24, 2.45) is 0 Å². The normalized spacial score (nSPS) is 11.7. The highest BCUT2D eigenvalue weighted by Crippen LogP contribution is 2.33. The molecule has 0 unspecified atom stereocenters. The Labute approximate surface area is 131 Å². The largest absolute Gasteiger partial charge is 0.353 e. The molecule has 0 amide bonds. The minimum atomic E-state index is -0.143. The van der Waals surface area contributed by atoms with E-state index in [4.69, 9.17) is 11.6 Å². The van der Waals surface area contributed by atoms with Gasteiger partial charge in [0.15, 0.2) is 4.34 Å². The Kier molecular flexibility index (Phi) is 4.51. The van der Waals surface area contributed by atoms with Crippen LogP contribution in [0.1, 0.15) is 26.6 Å². The molecule has 108 valence electrons. The topological polar surface area (TPSA) is 54.8 Å². The summed E-state index contributed by atoms with van der Waals surface area (Å²) < 4.78 is 0.836. The highest BCUT2D eigenvalue weighted by atomic mass is 35.5. The van der Waals surface area contributed by atoms with Crippen molar-refractivity contribution in [2.45, 2.75) is 35.6 Å². The molecule has 20 heavy (non-hydrogen) atoms. The standard InChI is InChI=1S/C12H16ClN5S2/c1-12(2,3)9-14-7(13)6-8(15-9)19-11-17-16-10(20-11)18(4)5/h6H,1-5H3. The summed E-state index contributed by atoms with van der Waals surface area (Å²) in [6, 6.07) is 1.75. The monoisotopic (exact) mass is 329 g/mol. The van der Waals surface area contributed by atoms with Crippen molar-refractivity contribution in [3.63, 3.8) is 0 Å². The lowest BCUT2D eigenvalue weighted by molar-refractivity contribution is 0.538. The number of halogens is 1. The zero-order chi connectivity index (χ0) is 14.9. The molecule has 0 aliphatic heterocycles. The van der Waals surface area contributed by atoms with Gasteiger partial charge in [-0.05, 0) is 11.8 Å². The summed E-state index contributed by atoms with van der Waals surface area (Å²) in [4.78, 5) is 10.8. The summed E-state index contributed by atoms with van der Waals surface area (Å²) >= 11 is 9.04. The van der Waals surface area contributed by atoms with Crippen molar-refractivity contribution >= 4 is 39.8 Å². The quantitative estimate of drug-likeness (QED) is 0.803. The lowest BCUT2D eigenvalue weighted by Gasteiger charge is -2.16. The number of anilines is 1. The lowest BCUT2D eigenvalue weighted by atomic mass is 9.96. The van der Waals surface area contributed by atoms with Crippen molar-refractivity contribution in [1.82, 2.24) is 20.2 Å². The van der Waals surface area contributed by atoms with Gasteiger partial charge in [-0.1, -0.05) is 43.7 Å². The molecule has 2 aromatic rings. The molecule has 2 aromatic heterocycles. The van der Waals surface area contributed by atoms with Crippen LogP contribution >= 0.6 is 34.7 Å². The van der Waals surface area contributed by atoms with Crippen LogP contribution in [-0.4, -0.2) is 34.3 Å². The summed E-state index contributed by atoms with van der Waals surface area (Å²) in [7, 11) is 3.88. The molecule has 8 heteroatoms. The number of rotatable bonds is 3. The first-order valence-corrected chi connectivity index (χ1v) is 8.00. The Morgan fingerprint density at radius 3 is 2.45 bits per heavy atom. The molecule has 0 spiro atoms. The first-order chi connectivity index (χ1) is 9.25. The van der Waals surface area contributed by atoms with Gasteiger partial charge in [0, 0.05) is 25.6 Å². The Balaban J connectivity index is 2.26. The van der Waals surface area contributed by atoms with E-state index in [2.05, 4.69) is 40.9 Å². The fraction of sp³-hybridized carbons (Fsp3) is 0.500. The molecule has 0 saturated carbocycles. The van der Waals surface area contributed by atoms with Gasteiger partial charge in [0.25, 0.3) is 0 Å². The number of aromatic nitrogens is 4. The van der Waals surface area contributed by atoms with E-state index >= 15 is 0 Å². The molecule has 0 bridgehead atoms. The van der Waals surface area contributed by atoms with E-state index in [0.29, 0.717) is 5.15 Å². The minimum absolute atomic E-state index is 0.143. The molecule has 0 aliphatic carbocycles. The van der Waals surface area contributed by atoms with Crippen LogP contribution in [0.2, 0.25) is 5.15 Å². The second-order valence-corrected chi connectivity index (χ2v) is 8.06. The summed E-state index contributed by atoms with van der Waals surface area (Å²) in [5.41, 5.74) is -0.143. The molecule has 0 N–H and O–H groups in total. The first kappa shape index (κ1) is 15.5. The maximum absolute atomic E-state index is 6.07. The molecule has 0 radical (unpaired) electrons. The number of hydrogen-bond acceptors (Lipinski definition) is 7. The molecule has 0 saturated heterocycles. The van der Waals surface area contributed by atoms with Crippen LogP contribution in [0.15, 0.2) is 15.4 Å². The van der Waals surface area contributed by atoms with Crippen LogP contribution in [0, 0.1) is 0 Å². The predicted octanol–water partition coefficient (Wildman–Crippen LogP) is 3.50. The van der Waals surface area contributed by atoms with E-state index in [0.717, 1.165) is 20.3 Å². The summed E-state index contributed by atoms with van der Waals surface area (Å²) in [6.45, 7) is 6.17. The Hall–Kier alpha value is -0.920. The van der Waals surface area contributed by atoms with Crippen LogP contribution in [0.4, 0.5) is 5.13 Å². The van der Waals surface area contributed by atoms with Gasteiger partial charge in [0.2, 0.25) is 5.13 Å². The molecule has 0 atom stereocenters. The lowest BCUT2D eigenvalue weighted by Crippen LogP contribution is -2.16. The maximum Gasteiger partial charge on any atom is 0.208 e. The van der Waals surface area contributed by atoms with Gasteiger partial charge in [-0.3, -0.25) is 0 Å². The van der Waals surface area contributed by atoms with E-state index in [1.807, 2.05) is 19.0 Å². The van der Waals surface area contributed by atoms with Crippen molar-refractivity contribution in [3.8, 4) is 0 Å². The highest BCUT2D eigenvalue weighted by Gasteiger charge is 2.19. The molecule has 0 aromatic carbocycles. The summed E-state index contributed by atoms with van der Waals surface area (Å²) in [5.74, 6) is 0.727. The van der Waals surface area contributed by atoms with Gasteiger partial charge >= 0.3 is 0 Å². The third kappa shape index (κ3) is 3.80. The van der Waals surface area contributed by atoms with Crippen LogP contribution in [0.3, 0.4) is 0 Å². The fourth-order valence-corrected chi connectivity index (χ4v) is 3.26. The van der Waals surface area contributed by atoms with Gasteiger partial charge in [-0.2, -0.15) is 0 Å². The average molecular weight is 330 g/mol. The molecule has 0 fully saturated rings. The van der Waals surface area contributed by atoms with Crippen molar-refractivity contribution in [2.75, 3.05) is 19.0 Å². The Bertz CT molecular complexity index is 606. The van der Waals surface area contributed by atoms with Crippen molar-refractivity contribution < 1.29 is 0 Å². The third-order valence-corrected chi connectivity index (χ3v) is 4.57. The maximum atomic E-state index is 6.07. The van der Waals surface area contributed by atoms with Gasteiger partial charge in [-0.25, -0.2) is 9.97 Å². The summed E-state index contributed by atoms with van der Waals surface area (Å²) in [6.07, 6.45) is 0. The molecule has 2 heterocycles. The van der Waals surface area contributed by atoms with Crippen LogP contribution < -0.4 is 4.90 Å². The SMILES string of the molecule is CN(C)c1nnc(Sc2cc(Cl)nc(C(C)(C)C)n2)s1. The Morgan fingerprint density at radius 2 is 1.90 bits per heavy atom. The number of nitrogens with zero attached hydrogens (tertiary/aromatic N) is 5. The van der Waals surface area contributed by atoms with Gasteiger partial charge in [0.05, 0.1) is 0 Å². The highest BCUT2D eigenvalue weighted by molar-refractivity contribution is 8.01. The molecule has 0 aliphatic rings. The fourth-order valence-electron chi connectivity index (χ4n) is 1.30. The second-order valence-electron chi connectivity index (χ2n) is 5.45. The summed E-state index contributed by atoms with van der Waals surface area (Å²) in [5, 5.41) is 10.3. The molecule has 2 rings (SSSR count). The molecular formula is C12H16ClN5S2. The van der Waals surface area contributed by atoms with Gasteiger partial charge < -0.3 is 4.90 Å². The zero-order valence-electron chi connectivity index (χ0n) is 12.0. The molecular weight excluding hydrogens is 314 g/mol. The van der Waals surface area contributed by atoms with Gasteiger partial charge in [-0.15, -0.1) is 10.2 Å². The predicted molar refractivity (Wildman–Crippen MR) is 84.1 cm³/mol. The van der Waals surface area contributed by atoms with Crippen LogP contribution in [0.5, 0.6) is 0 Å². The van der Waals surface area contributed by atoms with E-state index < -0.39 is 0 Å². The van der Waals surface area contributed by atoms with E-state index in [9.17, 15) is 0 Å². The van der Waals surface area contributed by atoms with Crippen LogP contribution in [-0.2, 0) is 5.41 Å². The smallest absolute Gasteiger partial charge is 0.208 e. The first-order valence-electron chi connectivity index (χ1n) is 5.99. The average Bonchev–Trinajstić information content (AvgIpc) is 2.75. The molecule has 5 nitrogen and oxygen atoms in total. The third-order valence-electron chi connectivity index (χ3n) is 2.31. The Morgan fingerprint density at radius 1 is 1.20 bits per heavy atom. The van der Waals surface area contributed by atoms with E-state index in [-0.39, 0.29) is 5.41 Å². The van der Waals surface area contributed by atoms with Gasteiger partial charge in [0.1, 0.15) is 16.0 Å². The van der Waals surface area contributed by atoms with Crippen molar-refractivity contribution in [1.29, 1.82) is 0 Å². The van der Waals surface area contributed by atoms with Crippen molar-refractivity contribution in [3.05, 3.63) is 17.0 Å². The number of hydrogen-bond donors (Lipinski definition) is 0. The zero-order valence-corrected chi connectivity index (χ0v) is 14.4. The van der Waals surface area contributed by atoms with Crippen LogP contribution in [0.25, 0.3) is 0 Å². The van der Waals surface area contributed by atoms with E-state index in [1.165, 1.54) is 23.1 Å².